The van der Waals surface area contributed by atoms with Crippen LogP contribution in [0.1, 0.15) is 35.3 Å². The van der Waals surface area contributed by atoms with E-state index in [2.05, 4.69) is 30.9 Å². The Morgan fingerprint density at radius 3 is 2.08 bits per heavy atom. The molecule has 0 aliphatic heterocycles. The lowest BCUT2D eigenvalue weighted by molar-refractivity contribution is 0.0983. The fourth-order valence-electron chi connectivity index (χ4n) is 4.21. The minimum atomic E-state index is -0.0644. The molecule has 0 radical (unpaired) electrons. The maximum Gasteiger partial charge on any atom is 0.260 e. The summed E-state index contributed by atoms with van der Waals surface area (Å²) in [5, 5.41) is 0.637. The first-order valence-corrected chi connectivity index (χ1v) is 13.1. The molecule has 0 saturated carbocycles. The highest BCUT2D eigenvalue weighted by Gasteiger charge is 2.24. The van der Waals surface area contributed by atoms with E-state index in [9.17, 15) is 4.79 Å². The van der Waals surface area contributed by atoms with Crippen molar-refractivity contribution in [3.63, 3.8) is 0 Å². The van der Waals surface area contributed by atoms with Crippen LogP contribution >= 0.6 is 23.7 Å². The van der Waals surface area contributed by atoms with Gasteiger partial charge >= 0.3 is 0 Å². The summed E-state index contributed by atoms with van der Waals surface area (Å²) in [4.78, 5) is 22.7. The van der Waals surface area contributed by atoms with E-state index in [-0.39, 0.29) is 18.3 Å². The summed E-state index contributed by atoms with van der Waals surface area (Å²) in [6.45, 7) is 7.41. The van der Waals surface area contributed by atoms with Crippen molar-refractivity contribution < 1.29 is 14.3 Å². The van der Waals surface area contributed by atoms with Crippen LogP contribution in [0.2, 0.25) is 0 Å². The molecule has 0 fully saturated rings. The van der Waals surface area contributed by atoms with Crippen molar-refractivity contribution in [2.45, 2.75) is 20.3 Å². The second-order valence-electron chi connectivity index (χ2n) is 8.49. The molecule has 4 rings (SSSR count). The van der Waals surface area contributed by atoms with E-state index < -0.39 is 0 Å². The van der Waals surface area contributed by atoms with Gasteiger partial charge in [-0.1, -0.05) is 67.6 Å². The molecule has 3 aromatic carbocycles. The number of amides is 1. The molecule has 0 saturated heterocycles. The summed E-state index contributed by atoms with van der Waals surface area (Å²) >= 11 is 1.45. The highest BCUT2D eigenvalue weighted by Crippen LogP contribution is 2.40. The number of hydrogen-bond acceptors (Lipinski definition) is 6. The lowest BCUT2D eigenvalue weighted by Crippen LogP contribution is -2.38. The normalized spacial score (nSPS) is 10.8. The molecule has 8 heteroatoms. The number of anilines is 1. The number of fused-ring (bicyclic) bond motifs is 1. The fourth-order valence-corrected chi connectivity index (χ4v) is 5.31. The van der Waals surface area contributed by atoms with Gasteiger partial charge in [0.1, 0.15) is 21.7 Å². The number of rotatable bonds is 11. The summed E-state index contributed by atoms with van der Waals surface area (Å²) in [5.74, 6) is 1.32. The van der Waals surface area contributed by atoms with Gasteiger partial charge in [-0.3, -0.25) is 9.69 Å². The predicted molar refractivity (Wildman–Crippen MR) is 155 cm³/mol. The Morgan fingerprint density at radius 1 is 0.838 bits per heavy atom. The van der Waals surface area contributed by atoms with Crippen LogP contribution < -0.4 is 14.4 Å². The van der Waals surface area contributed by atoms with Gasteiger partial charge in [0.25, 0.3) is 5.91 Å². The number of likely N-dealkylation sites (N-methyl/N-ethyl adjacent to an activating group) is 1. The van der Waals surface area contributed by atoms with Crippen LogP contribution in [0.25, 0.3) is 10.2 Å². The van der Waals surface area contributed by atoms with Crippen molar-refractivity contribution in [2.24, 2.45) is 0 Å². The van der Waals surface area contributed by atoms with E-state index in [0.29, 0.717) is 28.5 Å². The SMILES string of the molecule is CCN(CC)CCN(C(=O)c1ccc(Cc2ccccc2)cc1)c1nc2c(OC)ccc(OC)c2s1.Cl. The number of carbonyl (C=O) groups is 1. The number of halogens is 1. The van der Waals surface area contributed by atoms with Gasteiger partial charge in [-0.25, -0.2) is 4.98 Å². The third-order valence-electron chi connectivity index (χ3n) is 6.36. The van der Waals surface area contributed by atoms with Crippen LogP contribution in [0.3, 0.4) is 0 Å². The largest absolute Gasteiger partial charge is 0.495 e. The Hall–Kier alpha value is -3.13. The van der Waals surface area contributed by atoms with Crippen LogP contribution in [-0.4, -0.2) is 56.2 Å². The number of nitrogens with zero attached hydrogens (tertiary/aromatic N) is 3. The van der Waals surface area contributed by atoms with Crippen LogP contribution in [0.4, 0.5) is 5.13 Å². The van der Waals surface area contributed by atoms with Crippen molar-refractivity contribution in [2.75, 3.05) is 45.3 Å². The lowest BCUT2D eigenvalue weighted by Gasteiger charge is -2.24. The number of methoxy groups -OCH3 is 2. The van der Waals surface area contributed by atoms with E-state index in [1.807, 2.05) is 54.6 Å². The van der Waals surface area contributed by atoms with Crippen molar-refractivity contribution in [1.29, 1.82) is 0 Å². The summed E-state index contributed by atoms with van der Waals surface area (Å²) in [6.07, 6.45) is 0.832. The second kappa shape index (κ2) is 13.4. The molecule has 37 heavy (non-hydrogen) atoms. The molecule has 0 bridgehead atoms. The highest BCUT2D eigenvalue weighted by atomic mass is 35.5. The first-order chi connectivity index (χ1) is 17.6. The molecule has 6 nitrogen and oxygen atoms in total. The zero-order valence-corrected chi connectivity index (χ0v) is 23.4. The van der Waals surface area contributed by atoms with Crippen LogP contribution in [-0.2, 0) is 6.42 Å². The molecular formula is C29H34ClN3O3S. The summed E-state index contributed by atoms with van der Waals surface area (Å²) < 4.78 is 12.0. The van der Waals surface area contributed by atoms with E-state index in [4.69, 9.17) is 14.5 Å². The van der Waals surface area contributed by atoms with Gasteiger partial charge < -0.3 is 14.4 Å². The smallest absolute Gasteiger partial charge is 0.260 e. The number of thiazole rings is 1. The predicted octanol–water partition coefficient (Wildman–Crippen LogP) is 6.31. The first-order valence-electron chi connectivity index (χ1n) is 12.3. The molecule has 1 amide bonds. The molecule has 0 aliphatic carbocycles. The Kier molecular flexibility index (Phi) is 10.3. The van der Waals surface area contributed by atoms with E-state index >= 15 is 0 Å². The Morgan fingerprint density at radius 2 is 1.46 bits per heavy atom. The van der Waals surface area contributed by atoms with E-state index in [1.165, 1.54) is 22.5 Å². The highest BCUT2D eigenvalue weighted by molar-refractivity contribution is 7.22. The van der Waals surface area contributed by atoms with E-state index in [1.54, 1.807) is 19.1 Å². The molecule has 0 spiro atoms. The molecule has 196 valence electrons. The van der Waals surface area contributed by atoms with Crippen LogP contribution in [0.5, 0.6) is 11.5 Å². The lowest BCUT2D eigenvalue weighted by atomic mass is 10.0. The van der Waals surface area contributed by atoms with Gasteiger partial charge in [-0.15, -0.1) is 12.4 Å². The van der Waals surface area contributed by atoms with Crippen LogP contribution in [0.15, 0.2) is 66.7 Å². The van der Waals surface area contributed by atoms with Crippen LogP contribution in [0, 0.1) is 0 Å². The zero-order valence-electron chi connectivity index (χ0n) is 21.8. The number of ether oxygens (including phenoxy) is 2. The number of hydrogen-bond donors (Lipinski definition) is 0. The number of aromatic nitrogens is 1. The monoisotopic (exact) mass is 539 g/mol. The minimum Gasteiger partial charge on any atom is -0.495 e. The van der Waals surface area contributed by atoms with Crippen molar-refractivity contribution in [3.05, 3.63) is 83.4 Å². The first kappa shape index (κ1) is 28.4. The average Bonchev–Trinajstić information content (AvgIpc) is 3.36. The summed E-state index contributed by atoms with van der Waals surface area (Å²) in [7, 11) is 3.27. The second-order valence-corrected chi connectivity index (χ2v) is 9.46. The molecule has 0 atom stereocenters. The van der Waals surface area contributed by atoms with Gasteiger partial charge in [-0.05, 0) is 54.9 Å². The molecule has 0 N–H and O–H groups in total. The standard InChI is InChI=1S/C29H33N3O3S.ClH/c1-5-31(6-2)18-19-32(29-30-26-24(34-3)16-17-25(35-4)27(26)36-29)28(33)23-14-12-22(13-15-23)20-21-10-8-7-9-11-21;/h7-17H,5-6,18-20H2,1-4H3;1H. The summed E-state index contributed by atoms with van der Waals surface area (Å²) in [5.41, 5.74) is 3.76. The molecule has 1 aromatic heterocycles. The van der Waals surface area contributed by atoms with Crippen molar-refractivity contribution >= 4 is 45.0 Å². The Labute approximate surface area is 229 Å². The van der Waals surface area contributed by atoms with Crippen molar-refractivity contribution in [3.8, 4) is 11.5 Å². The maximum absolute atomic E-state index is 13.8. The zero-order chi connectivity index (χ0) is 25.5. The molecular weight excluding hydrogens is 506 g/mol. The third-order valence-corrected chi connectivity index (χ3v) is 7.45. The fraction of sp³-hybridized carbons (Fsp3) is 0.310. The van der Waals surface area contributed by atoms with Gasteiger partial charge in [0, 0.05) is 18.7 Å². The number of carbonyl (C=O) groups excluding carboxylic acids is 1. The summed E-state index contributed by atoms with van der Waals surface area (Å²) in [6, 6.07) is 22.0. The maximum atomic E-state index is 13.8. The van der Waals surface area contributed by atoms with Gasteiger partial charge in [-0.2, -0.15) is 0 Å². The third kappa shape index (κ3) is 6.60. The molecule has 0 unspecified atom stereocenters. The Balaban J connectivity index is 0.00000380. The topological polar surface area (TPSA) is 54.9 Å². The number of benzene rings is 3. The quantitative estimate of drug-likeness (QED) is 0.223. The average molecular weight is 540 g/mol. The molecule has 4 aromatic rings. The van der Waals surface area contributed by atoms with Gasteiger partial charge in [0.2, 0.25) is 0 Å². The Bertz CT molecular complexity index is 1250. The van der Waals surface area contributed by atoms with Gasteiger partial charge in [0.15, 0.2) is 5.13 Å². The molecule has 0 aliphatic rings. The van der Waals surface area contributed by atoms with Crippen molar-refractivity contribution in [1.82, 2.24) is 9.88 Å². The minimum absolute atomic E-state index is 0. The molecule has 1 heterocycles. The van der Waals surface area contributed by atoms with Gasteiger partial charge in [0.05, 0.1) is 14.2 Å². The van der Waals surface area contributed by atoms with E-state index in [0.717, 1.165) is 36.5 Å².